The first kappa shape index (κ1) is 17.2. The number of carbonyl (C=O) groups excluding carboxylic acids is 1. The SMILES string of the molecule is O=C(CS(=O)(=O)c1nnc(-c2ccc(Cl)s2)o1)N1CCc2ccccc21. The van der Waals surface area contributed by atoms with Crippen LogP contribution in [-0.2, 0) is 21.1 Å². The largest absolute Gasteiger partial charge is 0.407 e. The van der Waals surface area contributed by atoms with E-state index in [1.54, 1.807) is 18.2 Å². The molecule has 26 heavy (non-hydrogen) atoms. The molecule has 0 saturated heterocycles. The Labute approximate surface area is 158 Å². The van der Waals surface area contributed by atoms with Crippen LogP contribution in [0.15, 0.2) is 46.0 Å². The minimum Gasteiger partial charge on any atom is -0.407 e. The monoisotopic (exact) mass is 409 g/mol. The molecule has 0 bridgehead atoms. The fourth-order valence-corrected chi connectivity index (χ4v) is 4.70. The van der Waals surface area contributed by atoms with E-state index in [0.717, 1.165) is 11.3 Å². The van der Waals surface area contributed by atoms with Gasteiger partial charge in [-0.2, -0.15) is 0 Å². The van der Waals surface area contributed by atoms with Gasteiger partial charge in [0.25, 0.3) is 5.89 Å². The van der Waals surface area contributed by atoms with Gasteiger partial charge in [-0.15, -0.1) is 16.4 Å². The van der Waals surface area contributed by atoms with Crippen molar-refractivity contribution in [1.82, 2.24) is 10.2 Å². The van der Waals surface area contributed by atoms with Crippen LogP contribution in [0.25, 0.3) is 10.8 Å². The van der Waals surface area contributed by atoms with E-state index in [4.69, 9.17) is 16.0 Å². The quantitative estimate of drug-likeness (QED) is 0.657. The molecule has 0 fully saturated rings. The third-order valence-electron chi connectivity index (χ3n) is 3.96. The molecule has 0 saturated carbocycles. The summed E-state index contributed by atoms with van der Waals surface area (Å²) in [6.07, 6.45) is 0.700. The summed E-state index contributed by atoms with van der Waals surface area (Å²) in [5.41, 5.74) is 1.76. The first-order valence-corrected chi connectivity index (χ1v) is 10.5. The Morgan fingerprint density at radius 2 is 2.04 bits per heavy atom. The number of rotatable bonds is 4. The zero-order chi connectivity index (χ0) is 18.3. The van der Waals surface area contributed by atoms with Gasteiger partial charge in [-0.1, -0.05) is 34.9 Å². The summed E-state index contributed by atoms with van der Waals surface area (Å²) in [5.74, 6) is -1.19. The number of anilines is 1. The second kappa shape index (κ2) is 6.49. The Morgan fingerprint density at radius 1 is 1.23 bits per heavy atom. The minimum absolute atomic E-state index is 0.0550. The predicted octanol–water partition coefficient (Wildman–Crippen LogP) is 2.81. The van der Waals surface area contributed by atoms with Crippen molar-refractivity contribution in [3.63, 3.8) is 0 Å². The molecule has 1 aromatic carbocycles. The van der Waals surface area contributed by atoms with Gasteiger partial charge in [0, 0.05) is 12.2 Å². The first-order valence-electron chi connectivity index (χ1n) is 7.64. The van der Waals surface area contributed by atoms with Crippen LogP contribution >= 0.6 is 22.9 Å². The number of sulfone groups is 1. The summed E-state index contributed by atoms with van der Waals surface area (Å²) in [7, 11) is -4.04. The van der Waals surface area contributed by atoms with E-state index >= 15 is 0 Å². The van der Waals surface area contributed by atoms with Crippen molar-refractivity contribution in [2.45, 2.75) is 11.6 Å². The van der Waals surface area contributed by atoms with Gasteiger partial charge in [0.15, 0.2) is 0 Å². The van der Waals surface area contributed by atoms with Crippen molar-refractivity contribution in [3.05, 3.63) is 46.3 Å². The summed E-state index contributed by atoms with van der Waals surface area (Å²) < 4.78 is 30.8. The van der Waals surface area contributed by atoms with Crippen LogP contribution in [0.3, 0.4) is 0 Å². The summed E-state index contributed by atoms with van der Waals surface area (Å²) in [5, 5.41) is 6.75. The number of aromatic nitrogens is 2. The fraction of sp³-hybridized carbons (Fsp3) is 0.188. The molecule has 0 aliphatic carbocycles. The minimum atomic E-state index is -4.04. The lowest BCUT2D eigenvalue weighted by molar-refractivity contribution is -0.116. The van der Waals surface area contributed by atoms with Gasteiger partial charge in [-0.05, 0) is 30.2 Å². The highest BCUT2D eigenvalue weighted by Gasteiger charge is 2.32. The van der Waals surface area contributed by atoms with Gasteiger partial charge < -0.3 is 9.32 Å². The summed E-state index contributed by atoms with van der Waals surface area (Å²) in [6.45, 7) is 0.455. The van der Waals surface area contributed by atoms with Crippen molar-refractivity contribution >= 4 is 44.4 Å². The van der Waals surface area contributed by atoms with Crippen molar-refractivity contribution in [1.29, 1.82) is 0 Å². The van der Waals surface area contributed by atoms with Crippen LogP contribution in [0.4, 0.5) is 5.69 Å². The molecule has 10 heteroatoms. The first-order chi connectivity index (χ1) is 12.4. The number of halogens is 1. The number of hydrogen-bond acceptors (Lipinski definition) is 7. The summed E-state index contributed by atoms with van der Waals surface area (Å²) in [6, 6.07) is 10.7. The van der Waals surface area contributed by atoms with Gasteiger partial charge in [0.1, 0.15) is 5.75 Å². The number of thiophene rings is 1. The molecular weight excluding hydrogens is 398 g/mol. The molecule has 0 radical (unpaired) electrons. The Bertz CT molecular complexity index is 1090. The highest BCUT2D eigenvalue weighted by molar-refractivity contribution is 7.91. The van der Waals surface area contributed by atoms with Crippen molar-refractivity contribution in [3.8, 4) is 10.8 Å². The number of benzene rings is 1. The Balaban J connectivity index is 1.55. The maximum Gasteiger partial charge on any atom is 0.336 e. The van der Waals surface area contributed by atoms with Crippen molar-refractivity contribution < 1.29 is 17.6 Å². The van der Waals surface area contributed by atoms with Gasteiger partial charge in [0.05, 0.1) is 9.21 Å². The summed E-state index contributed by atoms with van der Waals surface area (Å²) >= 11 is 7.04. The molecule has 0 unspecified atom stereocenters. The van der Waals surface area contributed by atoms with E-state index in [9.17, 15) is 13.2 Å². The number of nitrogens with zero attached hydrogens (tertiary/aromatic N) is 3. The number of fused-ring (bicyclic) bond motifs is 1. The van der Waals surface area contributed by atoms with E-state index in [1.165, 1.54) is 16.2 Å². The number of hydrogen-bond donors (Lipinski definition) is 0. The molecule has 2 aromatic heterocycles. The lowest BCUT2D eigenvalue weighted by Crippen LogP contribution is -2.34. The molecule has 3 aromatic rings. The molecule has 4 rings (SSSR count). The zero-order valence-electron chi connectivity index (χ0n) is 13.3. The Kier molecular flexibility index (Phi) is 4.29. The van der Waals surface area contributed by atoms with E-state index in [2.05, 4.69) is 10.2 Å². The average Bonchev–Trinajstić information content (AvgIpc) is 3.33. The second-order valence-corrected chi connectivity index (χ2v) is 9.24. The van der Waals surface area contributed by atoms with Crippen LogP contribution < -0.4 is 4.90 Å². The average molecular weight is 410 g/mol. The van der Waals surface area contributed by atoms with Gasteiger partial charge in [-0.25, -0.2) is 8.42 Å². The van der Waals surface area contributed by atoms with Crippen LogP contribution in [0.1, 0.15) is 5.56 Å². The molecule has 7 nitrogen and oxygen atoms in total. The van der Waals surface area contributed by atoms with Crippen molar-refractivity contribution in [2.24, 2.45) is 0 Å². The number of amides is 1. The maximum absolute atomic E-state index is 12.5. The molecule has 0 spiro atoms. The van der Waals surface area contributed by atoms with Crippen LogP contribution in [-0.4, -0.2) is 36.8 Å². The lowest BCUT2D eigenvalue weighted by atomic mass is 10.2. The van der Waals surface area contributed by atoms with Gasteiger partial charge >= 0.3 is 5.22 Å². The molecule has 0 N–H and O–H groups in total. The molecule has 134 valence electrons. The Morgan fingerprint density at radius 3 is 2.81 bits per heavy atom. The normalized spacial score (nSPS) is 13.8. The van der Waals surface area contributed by atoms with Crippen molar-refractivity contribution in [2.75, 3.05) is 17.2 Å². The van der Waals surface area contributed by atoms with Gasteiger partial charge in [-0.3, -0.25) is 4.79 Å². The standard InChI is InChI=1S/C16H12ClN3O4S2/c17-13-6-5-12(25-13)15-18-19-16(24-15)26(22,23)9-14(21)20-8-7-10-3-1-2-4-11(10)20/h1-6H,7-9H2. The lowest BCUT2D eigenvalue weighted by Gasteiger charge is -2.16. The molecule has 1 aliphatic rings. The predicted molar refractivity (Wildman–Crippen MR) is 97.2 cm³/mol. The van der Waals surface area contributed by atoms with Crippen LogP contribution in [0, 0.1) is 0 Å². The number of para-hydroxylation sites is 1. The molecule has 1 aliphatic heterocycles. The van der Waals surface area contributed by atoms with Gasteiger partial charge in [0.2, 0.25) is 15.7 Å². The third kappa shape index (κ3) is 3.13. The van der Waals surface area contributed by atoms with E-state index < -0.39 is 26.7 Å². The molecule has 3 heterocycles. The topological polar surface area (TPSA) is 93.4 Å². The molecule has 0 atom stereocenters. The highest BCUT2D eigenvalue weighted by atomic mass is 35.5. The molecule has 1 amide bonds. The third-order valence-corrected chi connectivity index (χ3v) is 6.50. The highest BCUT2D eigenvalue weighted by Crippen LogP contribution is 2.31. The number of carbonyl (C=O) groups is 1. The van der Waals surface area contributed by atoms with Crippen LogP contribution in [0.2, 0.25) is 4.34 Å². The fourth-order valence-electron chi connectivity index (χ4n) is 2.76. The second-order valence-electron chi connectivity index (χ2n) is 5.66. The van der Waals surface area contributed by atoms with E-state index in [0.29, 0.717) is 22.2 Å². The van der Waals surface area contributed by atoms with E-state index in [-0.39, 0.29) is 5.89 Å². The molecular formula is C16H12ClN3O4S2. The van der Waals surface area contributed by atoms with Crippen LogP contribution in [0.5, 0.6) is 0 Å². The maximum atomic E-state index is 12.5. The Hall–Kier alpha value is -2.23. The zero-order valence-corrected chi connectivity index (χ0v) is 15.6. The van der Waals surface area contributed by atoms with E-state index in [1.807, 2.05) is 18.2 Å². The smallest absolute Gasteiger partial charge is 0.336 e. The summed E-state index contributed by atoms with van der Waals surface area (Å²) in [4.78, 5) is 14.6.